The average molecular weight is 493 g/mol. The van der Waals surface area contributed by atoms with Crippen LogP contribution in [0.4, 0.5) is 0 Å². The minimum absolute atomic E-state index is 0. The summed E-state index contributed by atoms with van der Waals surface area (Å²) < 4.78 is 4.09. The molecule has 0 amide bonds. The maximum absolute atomic E-state index is 4.77. The Morgan fingerprint density at radius 2 is 2.04 bits per heavy atom. The molecule has 3 heterocycles. The Hall–Kier alpha value is -2.36. The summed E-state index contributed by atoms with van der Waals surface area (Å²) in [5.41, 5.74) is 2.31. The first kappa shape index (κ1) is 21.9. The highest BCUT2D eigenvalue weighted by Crippen LogP contribution is 2.10. The molecule has 3 rings (SSSR count). The van der Waals surface area contributed by atoms with Crippen LogP contribution in [0.2, 0.25) is 0 Å². The van der Waals surface area contributed by atoms with E-state index in [9.17, 15) is 0 Å². The van der Waals surface area contributed by atoms with E-state index in [0.717, 1.165) is 36.3 Å². The van der Waals surface area contributed by atoms with Crippen molar-refractivity contribution in [2.24, 2.45) is 12.0 Å². The number of hydrogen-bond acceptors (Lipinski definition) is 3. The molecule has 0 aromatic carbocycles. The lowest BCUT2D eigenvalue weighted by Crippen LogP contribution is -2.38. The number of aliphatic imine (C=N–C) groups is 1. The molecule has 1 N–H and O–H groups in total. The molecule has 0 radical (unpaired) electrons. The Balaban J connectivity index is 0.00000280. The molecule has 0 bridgehead atoms. The fourth-order valence-electron chi connectivity index (χ4n) is 2.89. The molecule has 0 fully saturated rings. The second-order valence-corrected chi connectivity index (χ2v) is 6.51. The van der Waals surface area contributed by atoms with Crippen molar-refractivity contribution < 1.29 is 0 Å². The molecule has 0 unspecified atom stereocenters. The third kappa shape index (κ3) is 5.34. The number of rotatable bonds is 6. The van der Waals surface area contributed by atoms with Gasteiger partial charge in [-0.05, 0) is 37.6 Å². The molecule has 0 saturated heterocycles. The summed E-state index contributed by atoms with van der Waals surface area (Å²) in [6.07, 6.45) is 7.62. The summed E-state index contributed by atoms with van der Waals surface area (Å²) in [5.74, 6) is 2.67. The van der Waals surface area contributed by atoms with Crippen LogP contribution >= 0.6 is 24.0 Å². The smallest absolute Gasteiger partial charge is 0.194 e. The van der Waals surface area contributed by atoms with Gasteiger partial charge in [-0.3, -0.25) is 4.57 Å². The molecule has 0 atom stereocenters. The van der Waals surface area contributed by atoms with E-state index in [1.807, 2.05) is 30.0 Å². The van der Waals surface area contributed by atoms with E-state index < -0.39 is 0 Å². The number of hydrogen-bond donors (Lipinski definition) is 1. The van der Waals surface area contributed by atoms with Crippen molar-refractivity contribution in [2.75, 3.05) is 13.6 Å². The van der Waals surface area contributed by atoms with Crippen LogP contribution in [0.5, 0.6) is 0 Å². The molecular weight excluding hydrogens is 465 g/mol. The van der Waals surface area contributed by atoms with Crippen LogP contribution in [-0.4, -0.2) is 43.6 Å². The topological polar surface area (TPSA) is 63.3 Å². The van der Waals surface area contributed by atoms with Crippen LogP contribution in [0.25, 0.3) is 5.82 Å². The van der Waals surface area contributed by atoms with Gasteiger partial charge in [-0.2, -0.15) is 0 Å². The van der Waals surface area contributed by atoms with Gasteiger partial charge in [0.15, 0.2) is 5.96 Å². The molecule has 150 valence electrons. The number of aromatic nitrogens is 4. The number of imidazole rings is 1. The summed E-state index contributed by atoms with van der Waals surface area (Å²) in [6.45, 7) is 6.25. The van der Waals surface area contributed by atoms with Gasteiger partial charge in [0.25, 0.3) is 0 Å². The van der Waals surface area contributed by atoms with E-state index in [2.05, 4.69) is 70.2 Å². The molecule has 28 heavy (non-hydrogen) atoms. The SMILES string of the molecule is CCNC(=NCc1ccc(-n2ccnc2C)nc1)N(C)Cc1cccn1C.I. The number of aryl methyl sites for hydroxylation is 2. The van der Waals surface area contributed by atoms with Crippen LogP contribution in [0.3, 0.4) is 0 Å². The lowest BCUT2D eigenvalue weighted by Gasteiger charge is -2.22. The van der Waals surface area contributed by atoms with Crippen molar-refractivity contribution in [3.05, 3.63) is 66.1 Å². The molecule has 3 aromatic rings. The van der Waals surface area contributed by atoms with Gasteiger partial charge in [0.2, 0.25) is 0 Å². The molecule has 3 aromatic heterocycles. The zero-order valence-corrected chi connectivity index (χ0v) is 19.2. The van der Waals surface area contributed by atoms with Gasteiger partial charge < -0.3 is 14.8 Å². The summed E-state index contributed by atoms with van der Waals surface area (Å²) >= 11 is 0. The highest BCUT2D eigenvalue weighted by Gasteiger charge is 2.08. The van der Waals surface area contributed by atoms with Gasteiger partial charge in [-0.1, -0.05) is 6.07 Å². The minimum atomic E-state index is 0. The van der Waals surface area contributed by atoms with Crippen molar-refractivity contribution in [2.45, 2.75) is 26.9 Å². The predicted octanol–water partition coefficient (Wildman–Crippen LogP) is 3.13. The Labute approximate surface area is 183 Å². The molecule has 0 saturated carbocycles. The summed E-state index contributed by atoms with van der Waals surface area (Å²) in [7, 11) is 4.11. The molecular formula is C20H28IN7. The number of nitrogens with one attached hydrogen (secondary N) is 1. The second-order valence-electron chi connectivity index (χ2n) is 6.51. The first-order valence-electron chi connectivity index (χ1n) is 9.13. The second kappa shape index (κ2) is 10.3. The lowest BCUT2D eigenvalue weighted by molar-refractivity contribution is 0.462. The van der Waals surface area contributed by atoms with Crippen LogP contribution in [-0.2, 0) is 20.1 Å². The van der Waals surface area contributed by atoms with Crippen molar-refractivity contribution in [3.8, 4) is 5.82 Å². The number of pyridine rings is 1. The Bertz CT molecular complexity index is 895. The van der Waals surface area contributed by atoms with E-state index in [-0.39, 0.29) is 24.0 Å². The quantitative estimate of drug-likeness (QED) is 0.326. The molecule has 0 spiro atoms. The third-order valence-electron chi connectivity index (χ3n) is 4.44. The van der Waals surface area contributed by atoms with Gasteiger partial charge in [0.1, 0.15) is 11.6 Å². The highest BCUT2D eigenvalue weighted by atomic mass is 127. The van der Waals surface area contributed by atoms with E-state index >= 15 is 0 Å². The maximum atomic E-state index is 4.77. The van der Waals surface area contributed by atoms with Gasteiger partial charge >= 0.3 is 0 Å². The van der Waals surface area contributed by atoms with Crippen molar-refractivity contribution in [1.82, 2.24) is 29.3 Å². The van der Waals surface area contributed by atoms with E-state index in [1.54, 1.807) is 6.20 Å². The fourth-order valence-corrected chi connectivity index (χ4v) is 2.89. The molecule has 7 nitrogen and oxygen atoms in total. The van der Waals surface area contributed by atoms with Gasteiger partial charge in [0.05, 0.1) is 13.1 Å². The zero-order valence-electron chi connectivity index (χ0n) is 16.8. The van der Waals surface area contributed by atoms with Gasteiger partial charge in [0, 0.05) is 51.1 Å². The van der Waals surface area contributed by atoms with Gasteiger partial charge in [-0.25, -0.2) is 15.0 Å². The van der Waals surface area contributed by atoms with E-state index in [0.29, 0.717) is 6.54 Å². The van der Waals surface area contributed by atoms with E-state index in [4.69, 9.17) is 4.99 Å². The fraction of sp³-hybridized carbons (Fsp3) is 0.350. The standard InChI is InChI=1S/C20H27N7.HI/c1-5-21-20(26(4)15-18-7-6-11-25(18)3)24-14-17-8-9-19(23-13-17)27-12-10-22-16(27)2;/h6-13H,5,14-15H2,1-4H3,(H,21,24);1H. The third-order valence-corrected chi connectivity index (χ3v) is 4.44. The lowest BCUT2D eigenvalue weighted by atomic mass is 10.3. The predicted molar refractivity (Wildman–Crippen MR) is 123 cm³/mol. The average Bonchev–Trinajstić information content (AvgIpc) is 3.27. The Morgan fingerprint density at radius 3 is 2.61 bits per heavy atom. The summed E-state index contributed by atoms with van der Waals surface area (Å²) in [5, 5.41) is 3.36. The Kier molecular flexibility index (Phi) is 8.04. The largest absolute Gasteiger partial charge is 0.357 e. The molecule has 8 heteroatoms. The van der Waals surface area contributed by atoms with Crippen molar-refractivity contribution >= 4 is 29.9 Å². The molecule has 0 aliphatic heterocycles. The number of guanidine groups is 1. The van der Waals surface area contributed by atoms with Crippen LogP contribution < -0.4 is 5.32 Å². The van der Waals surface area contributed by atoms with Crippen LogP contribution in [0, 0.1) is 6.92 Å². The summed E-state index contributed by atoms with van der Waals surface area (Å²) in [4.78, 5) is 15.7. The zero-order chi connectivity index (χ0) is 19.2. The van der Waals surface area contributed by atoms with Crippen molar-refractivity contribution in [1.29, 1.82) is 0 Å². The molecule has 0 aliphatic carbocycles. The number of halogens is 1. The summed E-state index contributed by atoms with van der Waals surface area (Å²) in [6, 6.07) is 8.25. The highest BCUT2D eigenvalue weighted by molar-refractivity contribution is 14.0. The van der Waals surface area contributed by atoms with Gasteiger partial charge in [-0.15, -0.1) is 24.0 Å². The first-order valence-corrected chi connectivity index (χ1v) is 9.13. The van der Waals surface area contributed by atoms with E-state index in [1.165, 1.54) is 5.69 Å². The maximum Gasteiger partial charge on any atom is 0.194 e. The minimum Gasteiger partial charge on any atom is -0.357 e. The monoisotopic (exact) mass is 493 g/mol. The number of nitrogens with zero attached hydrogens (tertiary/aromatic N) is 6. The van der Waals surface area contributed by atoms with Crippen LogP contribution in [0.15, 0.2) is 54.0 Å². The molecule has 0 aliphatic rings. The Morgan fingerprint density at radius 1 is 1.21 bits per heavy atom. The van der Waals surface area contributed by atoms with Crippen molar-refractivity contribution in [3.63, 3.8) is 0 Å². The van der Waals surface area contributed by atoms with Crippen LogP contribution in [0.1, 0.15) is 24.0 Å². The normalized spacial score (nSPS) is 11.2. The first-order chi connectivity index (χ1) is 13.1.